The van der Waals surface area contributed by atoms with Crippen LogP contribution in [0.25, 0.3) is 0 Å². The largest absolute Gasteiger partial charge is 0.369 e. The molecule has 2 unspecified atom stereocenters. The van der Waals surface area contributed by atoms with E-state index in [9.17, 15) is 0 Å². The molecule has 1 aromatic heterocycles. The molecule has 0 amide bonds. The van der Waals surface area contributed by atoms with E-state index >= 15 is 0 Å². The molecule has 4 nitrogen and oxygen atoms in total. The monoisotopic (exact) mass is 266 g/mol. The molecule has 0 radical (unpaired) electrons. The summed E-state index contributed by atoms with van der Waals surface area (Å²) < 4.78 is 0. The zero-order valence-electron chi connectivity index (χ0n) is 11.4. The maximum atomic E-state index is 4.48. The molecule has 100 valence electrons. The number of anilines is 1. The first-order valence-corrected chi connectivity index (χ1v) is 7.66. The third kappa shape index (κ3) is 3.36. The number of hydrogen-bond acceptors (Lipinski definition) is 5. The molecule has 1 fully saturated rings. The number of aromatic nitrogens is 2. The van der Waals surface area contributed by atoms with E-state index in [4.69, 9.17) is 0 Å². The quantitative estimate of drug-likeness (QED) is 0.905. The number of thioether (sulfide) groups is 1. The van der Waals surface area contributed by atoms with Gasteiger partial charge in [-0.1, -0.05) is 6.92 Å². The molecule has 2 rings (SSSR count). The molecule has 0 bridgehead atoms. The third-order valence-corrected chi connectivity index (χ3v) is 4.78. The molecule has 2 atom stereocenters. The fourth-order valence-electron chi connectivity index (χ4n) is 2.14. The maximum absolute atomic E-state index is 4.48. The van der Waals surface area contributed by atoms with Crippen LogP contribution in [-0.4, -0.2) is 45.0 Å². The maximum Gasteiger partial charge on any atom is 0.144 e. The van der Waals surface area contributed by atoms with Gasteiger partial charge in [-0.2, -0.15) is 11.8 Å². The van der Waals surface area contributed by atoms with Gasteiger partial charge >= 0.3 is 0 Å². The first kappa shape index (κ1) is 13.6. The van der Waals surface area contributed by atoms with Crippen LogP contribution in [0.5, 0.6) is 0 Å². The predicted octanol–water partition coefficient (Wildman–Crippen LogP) is 2.23. The summed E-state index contributed by atoms with van der Waals surface area (Å²) in [6.45, 7) is 9.60. The molecule has 0 aromatic carbocycles. The lowest BCUT2D eigenvalue weighted by atomic mass is 10.2. The molecule has 2 heterocycles. The van der Waals surface area contributed by atoms with Crippen LogP contribution in [0.2, 0.25) is 0 Å². The fourth-order valence-corrected chi connectivity index (χ4v) is 3.30. The van der Waals surface area contributed by atoms with Crippen LogP contribution < -0.4 is 5.32 Å². The normalized spacial score (nSPS) is 25.1. The van der Waals surface area contributed by atoms with Crippen LogP contribution in [0, 0.1) is 0 Å². The summed E-state index contributed by atoms with van der Waals surface area (Å²) in [5.41, 5.74) is 1.06. The van der Waals surface area contributed by atoms with Crippen molar-refractivity contribution < 1.29 is 0 Å². The van der Waals surface area contributed by atoms with Crippen molar-refractivity contribution in [2.24, 2.45) is 0 Å². The van der Waals surface area contributed by atoms with Gasteiger partial charge in [0.1, 0.15) is 5.82 Å². The summed E-state index contributed by atoms with van der Waals surface area (Å²) >= 11 is 2.06. The molecule has 1 aliphatic rings. The average Bonchev–Trinajstić information content (AvgIpc) is 2.38. The van der Waals surface area contributed by atoms with E-state index in [-0.39, 0.29) is 0 Å². The summed E-state index contributed by atoms with van der Waals surface area (Å²) in [6.07, 6.45) is 3.71. The van der Waals surface area contributed by atoms with Crippen LogP contribution in [0.4, 0.5) is 5.82 Å². The summed E-state index contributed by atoms with van der Waals surface area (Å²) in [7, 11) is 0. The molecule has 18 heavy (non-hydrogen) atoms. The second kappa shape index (κ2) is 6.38. The Morgan fingerprint density at radius 2 is 2.22 bits per heavy atom. The Labute approximate surface area is 114 Å². The average molecular weight is 266 g/mol. The highest BCUT2D eigenvalue weighted by Gasteiger charge is 2.25. The van der Waals surface area contributed by atoms with E-state index < -0.39 is 0 Å². The zero-order valence-corrected chi connectivity index (χ0v) is 12.2. The van der Waals surface area contributed by atoms with Gasteiger partial charge < -0.3 is 5.32 Å². The minimum Gasteiger partial charge on any atom is -0.369 e. The fraction of sp³-hybridized carbons (Fsp3) is 0.692. The second-order valence-electron chi connectivity index (χ2n) is 4.71. The van der Waals surface area contributed by atoms with Crippen molar-refractivity contribution in [2.45, 2.75) is 38.6 Å². The van der Waals surface area contributed by atoms with Gasteiger partial charge in [0.2, 0.25) is 0 Å². The van der Waals surface area contributed by atoms with Crippen molar-refractivity contribution in [1.82, 2.24) is 14.9 Å². The smallest absolute Gasteiger partial charge is 0.144 e. The molecule has 0 aliphatic carbocycles. The number of nitrogens with one attached hydrogen (secondary N) is 1. The number of rotatable bonds is 4. The van der Waals surface area contributed by atoms with Gasteiger partial charge in [-0.05, 0) is 13.8 Å². The Balaban J connectivity index is 1.96. The lowest BCUT2D eigenvalue weighted by molar-refractivity contribution is 0.202. The van der Waals surface area contributed by atoms with Crippen molar-refractivity contribution in [3.63, 3.8) is 0 Å². The Morgan fingerprint density at radius 1 is 1.39 bits per heavy atom. The van der Waals surface area contributed by atoms with Gasteiger partial charge in [-0.15, -0.1) is 0 Å². The van der Waals surface area contributed by atoms with Crippen molar-refractivity contribution in [3.05, 3.63) is 18.1 Å². The molecule has 1 aliphatic heterocycles. The lowest BCUT2D eigenvalue weighted by Crippen LogP contribution is -2.44. The summed E-state index contributed by atoms with van der Waals surface area (Å²) in [5, 5.41) is 3.87. The Kier molecular flexibility index (Phi) is 4.83. The molecule has 0 saturated carbocycles. The van der Waals surface area contributed by atoms with Gasteiger partial charge in [0, 0.05) is 36.7 Å². The van der Waals surface area contributed by atoms with E-state index in [0.29, 0.717) is 11.3 Å². The predicted molar refractivity (Wildman–Crippen MR) is 78.0 cm³/mol. The van der Waals surface area contributed by atoms with Crippen LogP contribution in [-0.2, 0) is 6.54 Å². The molecular formula is C13H22N4S. The first-order chi connectivity index (χ1) is 8.70. The highest BCUT2D eigenvalue weighted by molar-refractivity contribution is 8.00. The molecule has 1 N–H and O–H groups in total. The van der Waals surface area contributed by atoms with Gasteiger partial charge in [-0.3, -0.25) is 9.88 Å². The van der Waals surface area contributed by atoms with E-state index in [2.05, 4.69) is 52.7 Å². The van der Waals surface area contributed by atoms with Crippen molar-refractivity contribution in [3.8, 4) is 0 Å². The minimum absolute atomic E-state index is 0.610. The van der Waals surface area contributed by atoms with Crippen molar-refractivity contribution in [2.75, 3.05) is 24.2 Å². The number of hydrogen-bond donors (Lipinski definition) is 1. The van der Waals surface area contributed by atoms with Crippen LogP contribution in [0.15, 0.2) is 12.4 Å². The first-order valence-electron chi connectivity index (χ1n) is 6.61. The minimum atomic E-state index is 0.610. The molecule has 5 heteroatoms. The van der Waals surface area contributed by atoms with E-state index in [1.165, 1.54) is 5.75 Å². The standard InChI is InChI=1S/C13H22N4S/c1-4-14-13-8-15-12(7-16-13)9-17-5-6-18-11(3)10(17)2/h7-8,10-11H,4-6,9H2,1-3H3,(H,14,16). The summed E-state index contributed by atoms with van der Waals surface area (Å²) in [5.74, 6) is 2.07. The van der Waals surface area contributed by atoms with E-state index in [1.54, 1.807) is 0 Å². The SMILES string of the molecule is CCNc1cnc(CN2CCSC(C)C2C)cn1. The summed E-state index contributed by atoms with van der Waals surface area (Å²) in [6, 6.07) is 0.610. The molecule has 1 aromatic rings. The van der Waals surface area contributed by atoms with Crippen molar-refractivity contribution in [1.29, 1.82) is 0 Å². The summed E-state index contributed by atoms with van der Waals surface area (Å²) in [4.78, 5) is 11.3. The van der Waals surface area contributed by atoms with Crippen LogP contribution in [0.1, 0.15) is 26.5 Å². The van der Waals surface area contributed by atoms with Gasteiger partial charge in [0.05, 0.1) is 18.1 Å². The molecular weight excluding hydrogens is 244 g/mol. The van der Waals surface area contributed by atoms with E-state index in [1.807, 2.05) is 12.4 Å². The van der Waals surface area contributed by atoms with E-state index in [0.717, 1.165) is 31.1 Å². The highest BCUT2D eigenvalue weighted by Crippen LogP contribution is 2.25. The zero-order chi connectivity index (χ0) is 13.0. The Hall–Kier alpha value is -0.810. The third-order valence-electron chi connectivity index (χ3n) is 3.44. The molecule has 0 spiro atoms. The topological polar surface area (TPSA) is 41.1 Å². The number of nitrogens with zero attached hydrogens (tertiary/aromatic N) is 3. The Morgan fingerprint density at radius 3 is 2.89 bits per heavy atom. The van der Waals surface area contributed by atoms with Gasteiger partial charge in [0.25, 0.3) is 0 Å². The molecule has 1 saturated heterocycles. The van der Waals surface area contributed by atoms with Crippen molar-refractivity contribution >= 4 is 17.6 Å². The second-order valence-corrected chi connectivity index (χ2v) is 6.20. The van der Waals surface area contributed by atoms with Crippen LogP contribution in [0.3, 0.4) is 0 Å². The Bertz CT molecular complexity index is 368. The lowest BCUT2D eigenvalue weighted by Gasteiger charge is -2.37. The van der Waals surface area contributed by atoms with Crippen LogP contribution >= 0.6 is 11.8 Å². The van der Waals surface area contributed by atoms with Gasteiger partial charge in [-0.25, -0.2) is 4.98 Å². The highest BCUT2D eigenvalue weighted by atomic mass is 32.2. The van der Waals surface area contributed by atoms with Gasteiger partial charge in [0.15, 0.2) is 0 Å².